The Hall–Kier alpha value is -3.87. The van der Waals surface area contributed by atoms with Crippen molar-refractivity contribution < 1.29 is 19.2 Å². The minimum Gasteiger partial charge on any atom is -0.490 e. The maximum absolute atomic E-state index is 12.6. The van der Waals surface area contributed by atoms with Gasteiger partial charge in [0.25, 0.3) is 11.6 Å². The van der Waals surface area contributed by atoms with Gasteiger partial charge in [0.15, 0.2) is 11.5 Å². The molecule has 0 aliphatic carbocycles. The quantitative estimate of drug-likeness (QED) is 0.139. The lowest BCUT2D eigenvalue weighted by atomic mass is 10.1. The Kier molecular flexibility index (Phi) is 8.84. The summed E-state index contributed by atoms with van der Waals surface area (Å²) in [6, 6.07) is 17.9. The minimum atomic E-state index is -0.578. The van der Waals surface area contributed by atoms with Gasteiger partial charge in [0.05, 0.1) is 11.5 Å². The summed E-state index contributed by atoms with van der Waals surface area (Å²) < 4.78 is 12.1. The zero-order valence-corrected chi connectivity index (χ0v) is 20.8. The van der Waals surface area contributed by atoms with Crippen LogP contribution in [0.4, 0.5) is 11.4 Å². The van der Waals surface area contributed by atoms with Crippen LogP contribution >= 0.6 is 27.5 Å². The third kappa shape index (κ3) is 7.06. The van der Waals surface area contributed by atoms with Gasteiger partial charge in [-0.1, -0.05) is 39.7 Å². The second-order valence-corrected chi connectivity index (χ2v) is 8.39. The number of nitro groups is 1. The first-order valence-corrected chi connectivity index (χ1v) is 11.5. The number of hydrogen-bond donors (Lipinski definition) is 1. The molecule has 0 aromatic heterocycles. The molecule has 0 aliphatic heterocycles. The van der Waals surface area contributed by atoms with Crippen LogP contribution in [0.25, 0.3) is 6.08 Å². The van der Waals surface area contributed by atoms with Gasteiger partial charge in [-0.15, -0.1) is 0 Å². The van der Waals surface area contributed by atoms with Crippen molar-refractivity contribution in [2.24, 2.45) is 0 Å². The molecule has 3 aromatic rings. The van der Waals surface area contributed by atoms with E-state index in [-0.39, 0.29) is 17.9 Å². The highest BCUT2D eigenvalue weighted by atomic mass is 79.9. The molecule has 178 valence electrons. The van der Waals surface area contributed by atoms with Gasteiger partial charge in [0, 0.05) is 27.3 Å². The van der Waals surface area contributed by atoms with Crippen LogP contribution in [0.2, 0.25) is 5.02 Å². The summed E-state index contributed by atoms with van der Waals surface area (Å²) >= 11 is 9.31. The first kappa shape index (κ1) is 25.7. The number of nitriles is 1. The number of ether oxygens (including phenoxy) is 2. The number of amides is 1. The molecular weight excluding hydrogens is 538 g/mol. The van der Waals surface area contributed by atoms with E-state index in [0.717, 1.165) is 0 Å². The van der Waals surface area contributed by atoms with Crippen molar-refractivity contribution in [3.63, 3.8) is 0 Å². The number of nitrogens with one attached hydrogen (secondary N) is 1. The van der Waals surface area contributed by atoms with E-state index in [1.54, 1.807) is 48.5 Å². The minimum absolute atomic E-state index is 0.0290. The van der Waals surface area contributed by atoms with E-state index in [2.05, 4.69) is 21.2 Å². The standard InChI is InChI=1S/C25H19BrClN3O5/c1-2-34-23-12-17(11-18(14-28)25(31)29-20-8-6-19(27)7-9-20)22(26)13-24(23)35-15-16-4-3-5-21(10-16)30(32)33/h3-13H,2,15H2,1H3,(H,29,31)/b18-11+. The smallest absolute Gasteiger partial charge is 0.269 e. The van der Waals surface area contributed by atoms with Gasteiger partial charge in [-0.25, -0.2) is 0 Å². The van der Waals surface area contributed by atoms with Crippen molar-refractivity contribution >= 4 is 50.9 Å². The van der Waals surface area contributed by atoms with Crippen LogP contribution in [0.3, 0.4) is 0 Å². The van der Waals surface area contributed by atoms with Crippen molar-refractivity contribution in [3.8, 4) is 17.6 Å². The number of benzene rings is 3. The van der Waals surface area contributed by atoms with E-state index in [9.17, 15) is 20.2 Å². The fourth-order valence-corrected chi connectivity index (χ4v) is 3.56. The number of anilines is 1. The molecule has 35 heavy (non-hydrogen) atoms. The van der Waals surface area contributed by atoms with Gasteiger partial charge < -0.3 is 14.8 Å². The van der Waals surface area contributed by atoms with Crippen molar-refractivity contribution in [2.45, 2.75) is 13.5 Å². The molecule has 3 aromatic carbocycles. The van der Waals surface area contributed by atoms with Gasteiger partial charge in [-0.3, -0.25) is 14.9 Å². The number of carbonyl (C=O) groups excluding carboxylic acids is 1. The van der Waals surface area contributed by atoms with Gasteiger partial charge in [0.1, 0.15) is 18.2 Å². The van der Waals surface area contributed by atoms with Gasteiger partial charge in [-0.2, -0.15) is 5.26 Å². The summed E-state index contributed by atoms with van der Waals surface area (Å²) in [5, 5.41) is 23.7. The van der Waals surface area contributed by atoms with Crippen LogP contribution in [-0.4, -0.2) is 17.4 Å². The zero-order valence-electron chi connectivity index (χ0n) is 18.5. The van der Waals surface area contributed by atoms with Crippen LogP contribution in [0.1, 0.15) is 18.1 Å². The van der Waals surface area contributed by atoms with Crippen LogP contribution in [0.15, 0.2) is 70.7 Å². The molecule has 1 amide bonds. The summed E-state index contributed by atoms with van der Waals surface area (Å²) in [7, 11) is 0. The Morgan fingerprint density at radius 2 is 1.89 bits per heavy atom. The molecule has 0 aliphatic rings. The summed E-state index contributed by atoms with van der Waals surface area (Å²) in [4.78, 5) is 23.1. The summed E-state index contributed by atoms with van der Waals surface area (Å²) in [6.45, 7) is 2.23. The molecule has 0 atom stereocenters. The van der Waals surface area contributed by atoms with Crippen molar-refractivity contribution in [3.05, 3.63) is 97.0 Å². The largest absolute Gasteiger partial charge is 0.490 e. The molecule has 0 spiro atoms. The molecule has 10 heteroatoms. The van der Waals surface area contributed by atoms with Crippen LogP contribution < -0.4 is 14.8 Å². The average Bonchev–Trinajstić information content (AvgIpc) is 2.84. The number of nitro benzene ring substituents is 1. The van der Waals surface area contributed by atoms with E-state index in [4.69, 9.17) is 21.1 Å². The number of hydrogen-bond acceptors (Lipinski definition) is 6. The average molecular weight is 557 g/mol. The Morgan fingerprint density at radius 1 is 1.17 bits per heavy atom. The Bertz CT molecular complexity index is 1320. The molecule has 3 rings (SSSR count). The summed E-state index contributed by atoms with van der Waals surface area (Å²) in [5.41, 5.74) is 1.50. The molecule has 0 unspecified atom stereocenters. The van der Waals surface area contributed by atoms with Crippen molar-refractivity contribution in [2.75, 3.05) is 11.9 Å². The number of halogens is 2. The topological polar surface area (TPSA) is 114 Å². The van der Waals surface area contributed by atoms with Gasteiger partial charge in [-0.05, 0) is 60.5 Å². The van der Waals surface area contributed by atoms with Gasteiger partial charge >= 0.3 is 0 Å². The summed E-state index contributed by atoms with van der Waals surface area (Å²) in [5.74, 6) is 0.208. The number of carbonyl (C=O) groups is 1. The molecule has 0 saturated carbocycles. The number of rotatable bonds is 9. The van der Waals surface area contributed by atoms with Crippen molar-refractivity contribution in [1.82, 2.24) is 0 Å². The molecule has 0 radical (unpaired) electrons. The Morgan fingerprint density at radius 3 is 2.54 bits per heavy atom. The first-order chi connectivity index (χ1) is 16.8. The number of non-ortho nitro benzene ring substituents is 1. The van der Waals surface area contributed by atoms with E-state index in [1.807, 2.05) is 13.0 Å². The first-order valence-electron chi connectivity index (χ1n) is 10.3. The lowest BCUT2D eigenvalue weighted by Crippen LogP contribution is -2.13. The molecular formula is C25H19BrClN3O5. The second kappa shape index (κ2) is 12.0. The number of nitrogens with zero attached hydrogens (tertiary/aromatic N) is 2. The third-order valence-corrected chi connectivity index (χ3v) is 5.58. The highest BCUT2D eigenvalue weighted by Gasteiger charge is 2.15. The second-order valence-electron chi connectivity index (χ2n) is 7.10. The monoisotopic (exact) mass is 555 g/mol. The zero-order chi connectivity index (χ0) is 25.4. The van der Waals surface area contributed by atoms with E-state index in [0.29, 0.717) is 44.4 Å². The van der Waals surface area contributed by atoms with Crippen molar-refractivity contribution in [1.29, 1.82) is 5.26 Å². The fourth-order valence-electron chi connectivity index (χ4n) is 3.00. The predicted octanol–water partition coefficient (Wildman–Crippen LogP) is 6.53. The van der Waals surface area contributed by atoms with E-state index >= 15 is 0 Å². The third-order valence-electron chi connectivity index (χ3n) is 4.65. The fraction of sp³-hybridized carbons (Fsp3) is 0.120. The highest BCUT2D eigenvalue weighted by Crippen LogP contribution is 2.35. The Balaban J connectivity index is 1.84. The Labute approximate surface area is 215 Å². The van der Waals surface area contributed by atoms with Gasteiger partial charge in [0.2, 0.25) is 0 Å². The SMILES string of the molecule is CCOc1cc(/C=C(\C#N)C(=O)Nc2ccc(Cl)cc2)c(Br)cc1OCc1cccc([N+](=O)[O-])c1. The highest BCUT2D eigenvalue weighted by molar-refractivity contribution is 9.10. The van der Waals surface area contributed by atoms with Crippen LogP contribution in [-0.2, 0) is 11.4 Å². The molecule has 0 heterocycles. The maximum atomic E-state index is 12.6. The lowest BCUT2D eigenvalue weighted by molar-refractivity contribution is -0.384. The molecule has 0 bridgehead atoms. The van der Waals surface area contributed by atoms with E-state index < -0.39 is 10.8 Å². The maximum Gasteiger partial charge on any atom is 0.269 e. The molecule has 8 nitrogen and oxygen atoms in total. The molecule has 0 saturated heterocycles. The predicted molar refractivity (Wildman–Crippen MR) is 136 cm³/mol. The van der Waals surface area contributed by atoms with E-state index in [1.165, 1.54) is 18.2 Å². The molecule has 1 N–H and O–H groups in total. The molecule has 0 fully saturated rings. The normalized spacial score (nSPS) is 10.9. The lowest BCUT2D eigenvalue weighted by Gasteiger charge is -2.14. The van der Waals surface area contributed by atoms with Crippen LogP contribution in [0.5, 0.6) is 11.5 Å². The summed E-state index contributed by atoms with van der Waals surface area (Å²) in [6.07, 6.45) is 1.43. The van der Waals surface area contributed by atoms with Crippen LogP contribution in [0, 0.1) is 21.4 Å².